The van der Waals surface area contributed by atoms with Crippen molar-refractivity contribution >= 4 is 16.4 Å². The van der Waals surface area contributed by atoms with Crippen LogP contribution < -0.4 is 0 Å². The smallest absolute Gasteiger partial charge is 0.397 e. The molecule has 1 aliphatic rings. The number of aliphatic hydroxyl groups is 3. The highest BCUT2D eigenvalue weighted by Crippen LogP contribution is 2.26. The predicted molar refractivity (Wildman–Crippen MR) is 303 cm³/mol. The zero-order valence-corrected chi connectivity index (χ0v) is 46.4. The summed E-state index contributed by atoms with van der Waals surface area (Å²) in [5.74, 6) is -0.423. The molecule has 422 valence electrons. The molecule has 0 aromatic carbocycles. The Labute approximate surface area is 449 Å². The van der Waals surface area contributed by atoms with Gasteiger partial charge in [-0.05, 0) is 103 Å². The van der Waals surface area contributed by atoms with Crippen LogP contribution in [-0.2, 0) is 38.3 Å². The molecular weight excluding hydrogens is 957 g/mol. The standard InChI is InChI=1S/C61H100O12S/c1-3-5-7-9-11-13-15-17-19-21-23-25-26-27-28-29-31-33-35-37-39-41-43-45-47-49-51-69-53-55(54-70-61-59(65)60(73-74(66,67)68)58(64)56(52-62)72-61)71-57(63)50-48-46-44-42-40-38-36-34-32-30-24-22-20-18-16-14-12-10-8-6-4-2/h5-8,11-14,17-20,23-25,27-28,30,34,36,55-56,58-62,64-65H,3-4,9-10,15-16,21-22,26,29,31-33,35,37-54H2,1-2H3,(H,66,67,68)/b7-5-,8-6-,13-11-,14-12-,19-17-,20-18-,25-23-,28-27-,30-24-,36-34-. The second kappa shape index (κ2) is 50.3. The first-order valence-corrected chi connectivity index (χ1v) is 29.7. The Balaban J connectivity index is 2.34. The van der Waals surface area contributed by atoms with E-state index in [2.05, 4.69) is 140 Å². The van der Waals surface area contributed by atoms with E-state index < -0.39 is 59.8 Å². The Morgan fingerprint density at radius 1 is 0.514 bits per heavy atom. The molecule has 1 heterocycles. The van der Waals surface area contributed by atoms with Crippen LogP contribution in [-0.4, -0.2) is 97.5 Å². The van der Waals surface area contributed by atoms with Gasteiger partial charge in [0.2, 0.25) is 0 Å². The first-order chi connectivity index (χ1) is 36.1. The second-order valence-corrected chi connectivity index (χ2v) is 19.8. The molecule has 1 fully saturated rings. The maximum Gasteiger partial charge on any atom is 0.397 e. The monoisotopic (exact) mass is 1060 g/mol. The molecule has 13 heteroatoms. The number of unbranched alkanes of at least 4 members (excludes halogenated alkanes) is 15. The van der Waals surface area contributed by atoms with Crippen LogP contribution in [0.15, 0.2) is 122 Å². The molecule has 12 nitrogen and oxygen atoms in total. The lowest BCUT2D eigenvalue weighted by molar-refractivity contribution is -0.301. The minimum absolute atomic E-state index is 0.0163. The fourth-order valence-electron chi connectivity index (χ4n) is 7.90. The van der Waals surface area contributed by atoms with Gasteiger partial charge in [-0.25, -0.2) is 4.18 Å². The van der Waals surface area contributed by atoms with E-state index in [4.69, 9.17) is 18.9 Å². The van der Waals surface area contributed by atoms with Gasteiger partial charge in [-0.15, -0.1) is 0 Å². The van der Waals surface area contributed by atoms with Crippen LogP contribution in [0.25, 0.3) is 0 Å². The molecule has 0 aliphatic carbocycles. The van der Waals surface area contributed by atoms with Crippen LogP contribution in [0.4, 0.5) is 0 Å². The number of hydrogen-bond donors (Lipinski definition) is 4. The van der Waals surface area contributed by atoms with Crippen molar-refractivity contribution in [2.75, 3.05) is 26.4 Å². The normalized spacial score (nSPS) is 19.7. The SMILES string of the molecule is CC/C=C\C/C=C\C/C=C\C/C=C\C/C=C\CCCCCCCCCCCCOCC(COC1OC(CO)C(O)C(OS(=O)(=O)O)C1O)OC(=O)CCCCCCC/C=C\C/C=C\C/C=C\C/C=C\C/C=C\CC. The molecule has 0 amide bonds. The van der Waals surface area contributed by atoms with Gasteiger partial charge in [-0.3, -0.25) is 9.35 Å². The molecule has 6 unspecified atom stereocenters. The lowest BCUT2D eigenvalue weighted by atomic mass is 9.99. The van der Waals surface area contributed by atoms with Crippen LogP contribution in [0.2, 0.25) is 0 Å². The molecule has 0 aromatic rings. The summed E-state index contributed by atoms with van der Waals surface area (Å²) >= 11 is 0. The van der Waals surface area contributed by atoms with E-state index in [0.29, 0.717) is 13.0 Å². The zero-order valence-electron chi connectivity index (χ0n) is 45.6. The van der Waals surface area contributed by atoms with E-state index in [9.17, 15) is 33.1 Å². The second-order valence-electron chi connectivity index (χ2n) is 18.8. The summed E-state index contributed by atoms with van der Waals surface area (Å²) in [6, 6.07) is 0. The van der Waals surface area contributed by atoms with Crippen molar-refractivity contribution in [3.05, 3.63) is 122 Å². The van der Waals surface area contributed by atoms with Gasteiger partial charge in [0.15, 0.2) is 6.29 Å². The summed E-state index contributed by atoms with van der Waals surface area (Å²) < 4.78 is 59.4. The summed E-state index contributed by atoms with van der Waals surface area (Å²) in [6.07, 6.45) is 63.7. The van der Waals surface area contributed by atoms with Crippen molar-refractivity contribution < 1.29 is 56.2 Å². The van der Waals surface area contributed by atoms with Crippen molar-refractivity contribution in [1.29, 1.82) is 0 Å². The lowest BCUT2D eigenvalue weighted by Crippen LogP contribution is -2.60. The maximum atomic E-state index is 13.0. The third kappa shape index (κ3) is 42.7. The van der Waals surface area contributed by atoms with Crippen molar-refractivity contribution in [3.8, 4) is 0 Å². The van der Waals surface area contributed by atoms with Crippen molar-refractivity contribution in [2.24, 2.45) is 0 Å². The van der Waals surface area contributed by atoms with E-state index >= 15 is 0 Å². The van der Waals surface area contributed by atoms with E-state index in [-0.39, 0.29) is 19.6 Å². The van der Waals surface area contributed by atoms with Gasteiger partial charge in [0.1, 0.15) is 30.5 Å². The van der Waals surface area contributed by atoms with Crippen molar-refractivity contribution in [2.45, 2.75) is 230 Å². The Kier molecular flexibility index (Phi) is 46.6. The van der Waals surface area contributed by atoms with Crippen LogP contribution >= 0.6 is 0 Å². The Morgan fingerprint density at radius 3 is 1.30 bits per heavy atom. The van der Waals surface area contributed by atoms with Crippen LogP contribution in [0.3, 0.4) is 0 Å². The summed E-state index contributed by atoms with van der Waals surface area (Å²) in [4.78, 5) is 13.0. The third-order valence-electron chi connectivity index (χ3n) is 12.1. The third-order valence-corrected chi connectivity index (χ3v) is 12.5. The zero-order chi connectivity index (χ0) is 53.8. The summed E-state index contributed by atoms with van der Waals surface area (Å²) in [5.41, 5.74) is 0. The largest absolute Gasteiger partial charge is 0.457 e. The number of allylic oxidation sites excluding steroid dienone is 20. The van der Waals surface area contributed by atoms with Gasteiger partial charge in [0.25, 0.3) is 0 Å². The van der Waals surface area contributed by atoms with Gasteiger partial charge >= 0.3 is 16.4 Å². The molecule has 74 heavy (non-hydrogen) atoms. The molecule has 0 spiro atoms. The van der Waals surface area contributed by atoms with Gasteiger partial charge in [-0.2, -0.15) is 8.42 Å². The fourth-order valence-corrected chi connectivity index (χ4v) is 8.41. The Hall–Kier alpha value is -3.50. The average Bonchev–Trinajstić information content (AvgIpc) is 3.38. The van der Waals surface area contributed by atoms with E-state index in [0.717, 1.165) is 122 Å². The molecular formula is C61H100O12S. The number of carbonyl (C=O) groups excluding carboxylic acids is 1. The van der Waals surface area contributed by atoms with Gasteiger partial charge < -0.3 is 34.3 Å². The quantitative estimate of drug-likeness (QED) is 0.0196. The number of hydrogen-bond acceptors (Lipinski definition) is 11. The molecule has 0 aromatic heterocycles. The molecule has 0 radical (unpaired) electrons. The summed E-state index contributed by atoms with van der Waals surface area (Å²) in [6.45, 7) is 3.72. The average molecular weight is 1060 g/mol. The van der Waals surface area contributed by atoms with Crippen molar-refractivity contribution in [1.82, 2.24) is 0 Å². The van der Waals surface area contributed by atoms with Crippen molar-refractivity contribution in [3.63, 3.8) is 0 Å². The Morgan fingerprint density at radius 2 is 0.892 bits per heavy atom. The van der Waals surface area contributed by atoms with Gasteiger partial charge in [0.05, 0.1) is 19.8 Å². The van der Waals surface area contributed by atoms with E-state index in [1.165, 1.54) is 44.9 Å². The summed E-state index contributed by atoms with van der Waals surface area (Å²) in [7, 11) is -5.08. The molecule has 0 saturated carbocycles. The molecule has 4 N–H and O–H groups in total. The number of rotatable bonds is 48. The number of carbonyl (C=O) groups is 1. The van der Waals surface area contributed by atoms with Crippen LogP contribution in [0.1, 0.15) is 194 Å². The van der Waals surface area contributed by atoms with Crippen LogP contribution in [0, 0.1) is 0 Å². The highest BCUT2D eigenvalue weighted by atomic mass is 32.3. The molecule has 1 rings (SSSR count). The van der Waals surface area contributed by atoms with Crippen LogP contribution in [0.5, 0.6) is 0 Å². The number of esters is 1. The topological polar surface area (TPSA) is 178 Å². The maximum absolute atomic E-state index is 13.0. The number of aliphatic hydroxyl groups excluding tert-OH is 3. The van der Waals surface area contributed by atoms with Gasteiger partial charge in [-0.1, -0.05) is 206 Å². The minimum Gasteiger partial charge on any atom is -0.457 e. The highest BCUT2D eigenvalue weighted by molar-refractivity contribution is 7.80. The lowest BCUT2D eigenvalue weighted by Gasteiger charge is -2.41. The van der Waals surface area contributed by atoms with E-state index in [1.807, 2.05) is 0 Å². The fraction of sp³-hybridized carbons (Fsp3) is 0.656. The first kappa shape index (κ1) is 68.5. The molecule has 6 atom stereocenters. The molecule has 1 saturated heterocycles. The number of ether oxygens (including phenoxy) is 4. The van der Waals surface area contributed by atoms with E-state index in [1.54, 1.807) is 0 Å². The predicted octanol–water partition coefficient (Wildman–Crippen LogP) is 14.1. The minimum atomic E-state index is -5.08. The molecule has 0 bridgehead atoms. The highest BCUT2D eigenvalue weighted by Gasteiger charge is 2.48. The molecule has 1 aliphatic heterocycles. The Bertz CT molecular complexity index is 1740. The van der Waals surface area contributed by atoms with Gasteiger partial charge in [0, 0.05) is 13.0 Å². The first-order valence-electron chi connectivity index (χ1n) is 28.3. The summed E-state index contributed by atoms with van der Waals surface area (Å²) in [5, 5.41) is 30.8.